The number of carbonyl (C=O) groups is 2. The maximum Gasteiger partial charge on any atom is 0.246 e. The number of likely N-dealkylation sites (tertiary alicyclic amines) is 1. The van der Waals surface area contributed by atoms with Gasteiger partial charge in [-0.2, -0.15) is 0 Å². The van der Waals surface area contributed by atoms with Crippen molar-refractivity contribution in [2.75, 3.05) is 26.2 Å². The van der Waals surface area contributed by atoms with E-state index in [1.807, 2.05) is 6.92 Å². The second kappa shape index (κ2) is 4.63. The first-order valence-electron chi connectivity index (χ1n) is 7.01. The fourth-order valence-electron chi connectivity index (χ4n) is 3.56. The van der Waals surface area contributed by atoms with E-state index in [0.29, 0.717) is 24.9 Å². The molecule has 100 valence electrons. The molecular formula is C13H21N3O2. The Kier molecular flexibility index (Phi) is 3.11. The average molecular weight is 251 g/mol. The van der Waals surface area contributed by atoms with Gasteiger partial charge in [-0.05, 0) is 38.8 Å². The van der Waals surface area contributed by atoms with Crippen molar-refractivity contribution >= 4 is 11.8 Å². The second-order valence-corrected chi connectivity index (χ2v) is 5.64. The summed E-state index contributed by atoms with van der Waals surface area (Å²) in [5, 5.41) is 3.44. The largest absolute Gasteiger partial charge is 0.302 e. The van der Waals surface area contributed by atoms with E-state index in [2.05, 4.69) is 10.2 Å². The first-order chi connectivity index (χ1) is 8.69. The lowest BCUT2D eigenvalue weighted by Gasteiger charge is -2.45. The van der Waals surface area contributed by atoms with Crippen LogP contribution in [0.2, 0.25) is 0 Å². The molecule has 4 fully saturated rings. The first-order valence-corrected chi connectivity index (χ1v) is 7.01. The van der Waals surface area contributed by atoms with Crippen LogP contribution in [0.3, 0.4) is 0 Å². The number of piperidine rings is 3. The summed E-state index contributed by atoms with van der Waals surface area (Å²) in [4.78, 5) is 27.6. The van der Waals surface area contributed by atoms with E-state index in [9.17, 15) is 9.59 Å². The van der Waals surface area contributed by atoms with E-state index in [1.165, 1.54) is 30.8 Å². The molecule has 4 rings (SSSR count). The SMILES string of the molecule is CCN1C(=O)CC(NC2CN3CCC2CC3)C1=O. The molecule has 1 N–H and O–H groups in total. The van der Waals surface area contributed by atoms with Gasteiger partial charge in [0.1, 0.15) is 0 Å². The molecule has 2 bridgehead atoms. The highest BCUT2D eigenvalue weighted by Gasteiger charge is 2.41. The second-order valence-electron chi connectivity index (χ2n) is 5.64. The van der Waals surface area contributed by atoms with Crippen molar-refractivity contribution in [1.82, 2.24) is 15.1 Å². The molecule has 4 aliphatic heterocycles. The molecule has 4 aliphatic rings. The summed E-state index contributed by atoms with van der Waals surface area (Å²) in [6.07, 6.45) is 2.80. The summed E-state index contributed by atoms with van der Waals surface area (Å²) >= 11 is 0. The van der Waals surface area contributed by atoms with Gasteiger partial charge in [0.05, 0.1) is 12.5 Å². The van der Waals surface area contributed by atoms with Gasteiger partial charge < -0.3 is 10.2 Å². The van der Waals surface area contributed by atoms with Crippen molar-refractivity contribution in [3.8, 4) is 0 Å². The molecule has 0 aromatic heterocycles. The van der Waals surface area contributed by atoms with Crippen LogP contribution in [0.5, 0.6) is 0 Å². The lowest BCUT2D eigenvalue weighted by molar-refractivity contribution is -0.138. The maximum absolute atomic E-state index is 12.1. The molecule has 0 saturated carbocycles. The van der Waals surface area contributed by atoms with Crippen molar-refractivity contribution in [2.45, 2.75) is 38.3 Å². The van der Waals surface area contributed by atoms with Crippen LogP contribution in [0, 0.1) is 5.92 Å². The van der Waals surface area contributed by atoms with E-state index in [4.69, 9.17) is 0 Å². The minimum Gasteiger partial charge on any atom is -0.302 e. The Morgan fingerprint density at radius 3 is 2.50 bits per heavy atom. The van der Waals surface area contributed by atoms with Crippen molar-refractivity contribution < 1.29 is 9.59 Å². The van der Waals surface area contributed by atoms with Crippen molar-refractivity contribution in [3.63, 3.8) is 0 Å². The molecule has 4 saturated heterocycles. The average Bonchev–Trinajstić information content (AvgIpc) is 2.65. The molecule has 0 radical (unpaired) electrons. The summed E-state index contributed by atoms with van der Waals surface area (Å²) in [7, 11) is 0. The molecule has 0 aromatic carbocycles. The number of fused-ring (bicyclic) bond motifs is 3. The minimum absolute atomic E-state index is 0.0266. The van der Waals surface area contributed by atoms with E-state index in [1.54, 1.807) is 0 Å². The zero-order valence-corrected chi connectivity index (χ0v) is 10.9. The standard InChI is InChI=1S/C13H21N3O2/c1-2-16-12(17)7-10(13(16)18)14-11-8-15-5-3-9(11)4-6-15/h9-11,14H,2-8H2,1H3. The zero-order chi connectivity index (χ0) is 12.7. The smallest absolute Gasteiger partial charge is 0.246 e. The Morgan fingerprint density at radius 2 is 2.00 bits per heavy atom. The number of hydrogen-bond acceptors (Lipinski definition) is 4. The number of rotatable bonds is 3. The van der Waals surface area contributed by atoms with E-state index in [-0.39, 0.29) is 17.9 Å². The third-order valence-electron chi connectivity index (χ3n) is 4.63. The summed E-state index contributed by atoms with van der Waals surface area (Å²) < 4.78 is 0. The Hall–Kier alpha value is -0.940. The van der Waals surface area contributed by atoms with Crippen LogP contribution in [-0.4, -0.2) is 59.9 Å². The van der Waals surface area contributed by atoms with Crippen LogP contribution in [0.4, 0.5) is 0 Å². The fraction of sp³-hybridized carbons (Fsp3) is 0.846. The van der Waals surface area contributed by atoms with Crippen molar-refractivity contribution in [3.05, 3.63) is 0 Å². The van der Waals surface area contributed by atoms with Crippen LogP contribution < -0.4 is 5.32 Å². The third-order valence-corrected chi connectivity index (χ3v) is 4.63. The monoisotopic (exact) mass is 251 g/mol. The maximum atomic E-state index is 12.1. The van der Waals surface area contributed by atoms with E-state index in [0.717, 1.165) is 6.54 Å². The van der Waals surface area contributed by atoms with Crippen molar-refractivity contribution in [1.29, 1.82) is 0 Å². The summed E-state index contributed by atoms with van der Waals surface area (Å²) in [6.45, 7) is 5.78. The molecule has 0 aliphatic carbocycles. The van der Waals surface area contributed by atoms with Gasteiger partial charge in [-0.3, -0.25) is 14.5 Å². The Balaban J connectivity index is 1.64. The number of nitrogens with zero attached hydrogens (tertiary/aromatic N) is 2. The molecular weight excluding hydrogens is 230 g/mol. The first kappa shape index (κ1) is 12.1. The number of hydrogen-bond donors (Lipinski definition) is 1. The highest BCUT2D eigenvalue weighted by atomic mass is 16.2. The minimum atomic E-state index is -0.275. The highest BCUT2D eigenvalue weighted by Crippen LogP contribution is 2.28. The van der Waals surface area contributed by atoms with Crippen LogP contribution in [-0.2, 0) is 9.59 Å². The Morgan fingerprint density at radius 1 is 1.28 bits per heavy atom. The summed E-state index contributed by atoms with van der Waals surface area (Å²) in [6, 6.07) is 0.119. The van der Waals surface area contributed by atoms with Gasteiger partial charge in [-0.1, -0.05) is 0 Å². The zero-order valence-electron chi connectivity index (χ0n) is 10.9. The number of imide groups is 1. The van der Waals surface area contributed by atoms with Crippen LogP contribution in [0.15, 0.2) is 0 Å². The topological polar surface area (TPSA) is 52.7 Å². The van der Waals surface area contributed by atoms with E-state index >= 15 is 0 Å². The number of amides is 2. The lowest BCUT2D eigenvalue weighted by Crippen LogP contribution is -2.59. The van der Waals surface area contributed by atoms with Crippen LogP contribution >= 0.6 is 0 Å². The van der Waals surface area contributed by atoms with Gasteiger partial charge in [-0.25, -0.2) is 0 Å². The molecule has 5 heteroatoms. The van der Waals surface area contributed by atoms with Gasteiger partial charge in [0, 0.05) is 19.1 Å². The van der Waals surface area contributed by atoms with Gasteiger partial charge in [0.25, 0.3) is 0 Å². The molecule has 0 spiro atoms. The predicted molar refractivity (Wildman–Crippen MR) is 66.9 cm³/mol. The van der Waals surface area contributed by atoms with Gasteiger partial charge in [0.15, 0.2) is 0 Å². The lowest BCUT2D eigenvalue weighted by atomic mass is 9.83. The van der Waals surface area contributed by atoms with Gasteiger partial charge >= 0.3 is 0 Å². The number of likely N-dealkylation sites (N-methyl/N-ethyl adjacent to an activating group) is 1. The number of nitrogens with one attached hydrogen (secondary N) is 1. The van der Waals surface area contributed by atoms with Crippen LogP contribution in [0.25, 0.3) is 0 Å². The molecule has 0 aromatic rings. The summed E-state index contributed by atoms with van der Waals surface area (Å²) in [5.74, 6) is 0.633. The third kappa shape index (κ3) is 1.95. The quantitative estimate of drug-likeness (QED) is 0.707. The molecule has 2 atom stereocenters. The van der Waals surface area contributed by atoms with Gasteiger partial charge in [-0.15, -0.1) is 0 Å². The predicted octanol–water partition coefficient (Wildman–Crippen LogP) is -0.182. The molecule has 2 amide bonds. The molecule has 18 heavy (non-hydrogen) atoms. The highest BCUT2D eigenvalue weighted by molar-refractivity contribution is 6.05. The molecule has 2 unspecified atom stereocenters. The molecule has 4 heterocycles. The fourth-order valence-corrected chi connectivity index (χ4v) is 3.56. The Labute approximate surface area is 107 Å². The number of carbonyl (C=O) groups excluding carboxylic acids is 2. The summed E-state index contributed by atoms with van der Waals surface area (Å²) in [5.41, 5.74) is 0. The van der Waals surface area contributed by atoms with E-state index < -0.39 is 0 Å². The normalized spacial score (nSPS) is 39.7. The van der Waals surface area contributed by atoms with Crippen molar-refractivity contribution in [2.24, 2.45) is 5.92 Å². The van der Waals surface area contributed by atoms with Crippen LogP contribution in [0.1, 0.15) is 26.2 Å². The van der Waals surface area contributed by atoms with Gasteiger partial charge in [0.2, 0.25) is 11.8 Å². The molecule has 5 nitrogen and oxygen atoms in total. The Bertz CT molecular complexity index is 363.